The van der Waals surface area contributed by atoms with Crippen LogP contribution in [-0.2, 0) is 49.4 Å². The van der Waals surface area contributed by atoms with E-state index in [0.29, 0.717) is 63.8 Å². The highest BCUT2D eigenvalue weighted by Gasteiger charge is 2.44. The molecule has 3 amide bonds. The fraction of sp³-hybridized carbons (Fsp3) is 0.585. The number of β-amino-alcohol motifs (C(OH)–C–C–N with tert-alkyl or cyclic N) is 1. The Bertz CT molecular complexity index is 2620. The molecule has 4 N–H and O–H groups in total. The number of carbonyl (C=O) groups is 3. The fourth-order valence-electron chi connectivity index (χ4n) is 9.11. The smallest absolute Gasteiger partial charge is 0.246 e. The number of aromatic nitrogens is 6. The van der Waals surface area contributed by atoms with Gasteiger partial charge in [-0.15, -0.1) is 11.3 Å². The number of methoxy groups -OCH3 is 1. The molecule has 21 nitrogen and oxygen atoms in total. The van der Waals surface area contributed by atoms with E-state index in [4.69, 9.17) is 38.4 Å². The highest BCUT2D eigenvalue weighted by atomic mass is 32.1. The van der Waals surface area contributed by atoms with E-state index in [-0.39, 0.29) is 56.9 Å². The van der Waals surface area contributed by atoms with Crippen molar-refractivity contribution >= 4 is 57.7 Å². The Morgan fingerprint density at radius 2 is 1.51 bits per heavy atom. The van der Waals surface area contributed by atoms with Gasteiger partial charge in [-0.25, -0.2) is 19.9 Å². The van der Waals surface area contributed by atoms with Gasteiger partial charge in [0, 0.05) is 51.5 Å². The minimum Gasteiger partial charge on any atom is -0.391 e. The number of imidazole rings is 1. The van der Waals surface area contributed by atoms with Gasteiger partial charge in [0.15, 0.2) is 0 Å². The minimum atomic E-state index is -0.973. The molecule has 408 valence electrons. The van der Waals surface area contributed by atoms with E-state index in [1.165, 1.54) is 4.90 Å². The van der Waals surface area contributed by atoms with E-state index in [1.807, 2.05) is 76.5 Å². The molecular formula is C53H75N11O10S. The summed E-state index contributed by atoms with van der Waals surface area (Å²) in [5, 5.41) is 19.8. The van der Waals surface area contributed by atoms with Crippen LogP contribution in [0.4, 0.5) is 17.6 Å². The Labute approximate surface area is 443 Å². The Morgan fingerprint density at radius 3 is 2.13 bits per heavy atom. The van der Waals surface area contributed by atoms with Crippen LogP contribution in [0.3, 0.4) is 0 Å². The maximum atomic E-state index is 14.0. The van der Waals surface area contributed by atoms with Gasteiger partial charge in [-0.2, -0.15) is 4.98 Å². The van der Waals surface area contributed by atoms with Crippen LogP contribution in [0.1, 0.15) is 90.0 Å². The largest absolute Gasteiger partial charge is 0.391 e. The number of thiazole rings is 1. The normalized spacial score (nSPS) is 17.2. The summed E-state index contributed by atoms with van der Waals surface area (Å²) in [6.45, 7) is 17.9. The lowest BCUT2D eigenvalue weighted by Gasteiger charge is -2.35. The number of likely N-dealkylation sites (tertiary alicyclic amines) is 1. The fourth-order valence-corrected chi connectivity index (χ4v) is 9.92. The third-order valence-corrected chi connectivity index (χ3v) is 14.1. The minimum absolute atomic E-state index is 0.0225. The van der Waals surface area contributed by atoms with Gasteiger partial charge >= 0.3 is 0 Å². The molecule has 2 aliphatic rings. The molecule has 5 aromatic rings. The number of carbonyl (C=O) groups excluding carboxylic acids is 3. The van der Waals surface area contributed by atoms with Crippen molar-refractivity contribution in [2.45, 2.75) is 111 Å². The molecule has 7 rings (SSSR count). The van der Waals surface area contributed by atoms with Gasteiger partial charge in [-0.05, 0) is 63.1 Å². The number of fused-ring (bicyclic) bond motifs is 1. The predicted molar refractivity (Wildman–Crippen MR) is 285 cm³/mol. The molecule has 2 aliphatic heterocycles. The van der Waals surface area contributed by atoms with Crippen LogP contribution in [0.25, 0.3) is 21.5 Å². The van der Waals surface area contributed by atoms with Crippen LogP contribution in [0.5, 0.6) is 0 Å². The van der Waals surface area contributed by atoms with E-state index < -0.39 is 35.4 Å². The van der Waals surface area contributed by atoms with E-state index in [9.17, 15) is 19.5 Å². The number of benzene rings is 1. The summed E-state index contributed by atoms with van der Waals surface area (Å²) in [5.74, 6) is 1.50. The number of aryl methyl sites for hydroxylation is 1. The molecule has 0 spiro atoms. The number of pyridine rings is 1. The number of aliphatic hydroxyl groups excluding tert-OH is 1. The quantitative estimate of drug-likeness (QED) is 0.0472. The van der Waals surface area contributed by atoms with Crippen molar-refractivity contribution in [1.82, 2.24) is 45.0 Å². The van der Waals surface area contributed by atoms with Crippen LogP contribution in [0, 0.1) is 12.3 Å². The zero-order chi connectivity index (χ0) is 53.5. The number of hydrogen-bond acceptors (Lipinski definition) is 18. The predicted octanol–water partition coefficient (Wildman–Crippen LogP) is 5.55. The second kappa shape index (κ2) is 27.4. The molecule has 2 unspecified atom stereocenters. The molecular weight excluding hydrogens is 983 g/mol. The lowest BCUT2D eigenvalue weighted by molar-refractivity contribution is -0.144. The third kappa shape index (κ3) is 15.9. The van der Waals surface area contributed by atoms with Gasteiger partial charge in [-0.1, -0.05) is 45.0 Å². The summed E-state index contributed by atoms with van der Waals surface area (Å²) in [6.07, 6.45) is 4.88. The van der Waals surface area contributed by atoms with Crippen LogP contribution >= 0.6 is 11.3 Å². The molecule has 0 aliphatic carbocycles. The lowest BCUT2D eigenvalue weighted by atomic mass is 9.85. The number of nitrogens with zero attached hydrogens (tertiary/aromatic N) is 8. The lowest BCUT2D eigenvalue weighted by Crippen LogP contribution is -2.58. The second-order valence-electron chi connectivity index (χ2n) is 20.2. The Morgan fingerprint density at radius 1 is 0.840 bits per heavy atom. The number of amides is 3. The molecule has 22 heteroatoms. The first-order chi connectivity index (χ1) is 36.1. The van der Waals surface area contributed by atoms with Gasteiger partial charge in [0.05, 0.1) is 98.9 Å². The monoisotopic (exact) mass is 1060 g/mol. The highest BCUT2D eigenvalue weighted by molar-refractivity contribution is 7.13. The van der Waals surface area contributed by atoms with Gasteiger partial charge in [0.2, 0.25) is 23.7 Å². The van der Waals surface area contributed by atoms with Crippen molar-refractivity contribution in [3.05, 3.63) is 71.4 Å². The number of hydrogen-bond donors (Lipinski definition) is 4. The molecule has 4 atom stereocenters. The summed E-state index contributed by atoms with van der Waals surface area (Å²) in [7, 11) is 1.76. The molecule has 1 aromatic carbocycles. The number of nitrogens with one attached hydrogen (secondary N) is 3. The Balaban J connectivity index is 0.738. The number of piperidine rings is 1. The standard InChI is InChI=1S/C53H75N11O10S/c1-34(2)64-42-28-45(59-44-13-16-54-52(60-44)62-17-14-40(69-8)15-18-62)55-29-41(42)58-46(64)31-73-25-23-71-21-19-70-20-22-72-24-26-74-32-47(66)61-49(53(5,6)7)51(68)63-30-39(65)27-43(63)50(67)57-35(3)37-9-11-38(12-10-37)48-36(4)56-33-75-48/h9-13,16,28-29,33-35,39-40,43,49,65H,14-15,17-27,30-32H2,1-8H3,(H,57,67)(H,61,66)(H,54,55,59,60)/t35?,39-,43+,49?/m1/s1. The molecule has 0 saturated carbocycles. The molecule has 2 saturated heterocycles. The number of anilines is 3. The summed E-state index contributed by atoms with van der Waals surface area (Å²) in [6, 6.07) is 9.65. The second-order valence-corrected chi connectivity index (χ2v) is 21.0. The number of ether oxygens (including phenoxy) is 6. The van der Waals surface area contributed by atoms with Gasteiger partial charge < -0.3 is 63.8 Å². The zero-order valence-corrected chi connectivity index (χ0v) is 45.4. The number of aliphatic hydroxyl groups is 1. The molecule has 4 aromatic heterocycles. The van der Waals surface area contributed by atoms with Crippen molar-refractivity contribution in [3.63, 3.8) is 0 Å². The van der Waals surface area contributed by atoms with E-state index in [2.05, 4.69) is 54.2 Å². The van der Waals surface area contributed by atoms with Crippen LogP contribution in [-0.4, -0.2) is 168 Å². The summed E-state index contributed by atoms with van der Waals surface area (Å²) in [4.78, 5) is 68.4. The molecule has 2 fully saturated rings. The first-order valence-electron chi connectivity index (χ1n) is 25.8. The summed E-state index contributed by atoms with van der Waals surface area (Å²) in [5.41, 5.74) is 5.73. The zero-order valence-electron chi connectivity index (χ0n) is 44.6. The molecule has 75 heavy (non-hydrogen) atoms. The van der Waals surface area contributed by atoms with Crippen molar-refractivity contribution < 1.29 is 47.9 Å². The maximum absolute atomic E-state index is 14.0. The summed E-state index contributed by atoms with van der Waals surface area (Å²) >= 11 is 1.57. The molecule has 6 heterocycles. The first kappa shape index (κ1) is 57.0. The Kier molecular flexibility index (Phi) is 20.8. The van der Waals surface area contributed by atoms with Crippen LogP contribution < -0.4 is 20.9 Å². The molecule has 0 bridgehead atoms. The van der Waals surface area contributed by atoms with Crippen molar-refractivity contribution in [2.75, 3.05) is 96.4 Å². The SMILES string of the molecule is COC1CCN(c2nccc(Nc3cc4c(cn3)nc(COCCOCCOCCOCCOCC(=O)NC(C(=O)N3C[C@H](O)C[C@H]3C(=O)NC(C)c3ccc(-c5scnc5C)cc3)C(C)(C)C)n4C(C)C)n2)CC1. The van der Waals surface area contributed by atoms with E-state index in [0.717, 1.165) is 64.5 Å². The van der Waals surface area contributed by atoms with E-state index in [1.54, 1.807) is 30.8 Å². The van der Waals surface area contributed by atoms with Crippen molar-refractivity contribution in [3.8, 4) is 10.4 Å². The highest BCUT2D eigenvalue weighted by Crippen LogP contribution is 2.31. The molecule has 0 radical (unpaired) electrons. The number of rotatable bonds is 27. The third-order valence-electron chi connectivity index (χ3n) is 13.1. The Hall–Kier alpha value is -5.72. The van der Waals surface area contributed by atoms with Gasteiger partial charge in [0.1, 0.15) is 48.3 Å². The van der Waals surface area contributed by atoms with Crippen molar-refractivity contribution in [1.29, 1.82) is 0 Å². The van der Waals surface area contributed by atoms with Crippen LogP contribution in [0.15, 0.2) is 54.3 Å². The van der Waals surface area contributed by atoms with Gasteiger partial charge in [-0.3, -0.25) is 14.4 Å². The average Bonchev–Trinajstić information content (AvgIpc) is 4.12. The first-order valence-corrected chi connectivity index (χ1v) is 26.7. The van der Waals surface area contributed by atoms with Crippen LogP contribution in [0.2, 0.25) is 0 Å². The average molecular weight is 1060 g/mol. The summed E-state index contributed by atoms with van der Waals surface area (Å²) < 4.78 is 36.1. The van der Waals surface area contributed by atoms with Gasteiger partial charge in [0.25, 0.3) is 0 Å². The van der Waals surface area contributed by atoms with E-state index >= 15 is 0 Å². The topological polar surface area (TPSA) is 239 Å². The van der Waals surface area contributed by atoms with Crippen molar-refractivity contribution in [2.24, 2.45) is 5.41 Å². The maximum Gasteiger partial charge on any atom is 0.246 e.